The summed E-state index contributed by atoms with van der Waals surface area (Å²) in [7, 11) is 0. The van der Waals surface area contributed by atoms with Crippen LogP contribution in [0.4, 0.5) is 10.1 Å². The van der Waals surface area contributed by atoms with Gasteiger partial charge in [0.15, 0.2) is 5.82 Å². The lowest BCUT2D eigenvalue weighted by molar-refractivity contribution is 0.365. The van der Waals surface area contributed by atoms with E-state index in [1.165, 1.54) is 10.6 Å². The molecular formula is C20H28FN5O2. The van der Waals surface area contributed by atoms with Crippen molar-refractivity contribution in [1.82, 2.24) is 9.38 Å². The predicted octanol–water partition coefficient (Wildman–Crippen LogP) is 1.06. The Morgan fingerprint density at radius 3 is 2.61 bits per heavy atom. The van der Waals surface area contributed by atoms with Crippen LogP contribution in [0.25, 0.3) is 5.52 Å². The fourth-order valence-corrected chi connectivity index (χ4v) is 4.66. The van der Waals surface area contributed by atoms with E-state index in [2.05, 4.69) is 18.8 Å². The first-order valence-corrected chi connectivity index (χ1v) is 9.94. The van der Waals surface area contributed by atoms with Crippen LogP contribution in [-0.4, -0.2) is 34.6 Å². The van der Waals surface area contributed by atoms with E-state index in [-0.39, 0.29) is 23.9 Å². The number of aryl methyl sites for hydroxylation is 1. The Kier molecular flexibility index (Phi) is 4.58. The lowest BCUT2D eigenvalue weighted by Gasteiger charge is -2.26. The standard InChI is InChI=1S/C20H28FN5O2/c1-9(2)16(23)11-4-5-25(7-11)17-10(3)18-15(12-6-14(12)22)19(27)24-20(28)26(18)8-13(17)21/h8-9,11-12,14,16H,4-7,22-23H2,1-3H3,(H,24,27,28). The van der Waals surface area contributed by atoms with Crippen molar-refractivity contribution in [3.05, 3.63) is 44.0 Å². The molecule has 3 heterocycles. The van der Waals surface area contributed by atoms with Crippen molar-refractivity contribution >= 4 is 11.2 Å². The van der Waals surface area contributed by atoms with Crippen LogP contribution >= 0.6 is 0 Å². The molecule has 7 nitrogen and oxygen atoms in total. The lowest BCUT2D eigenvalue weighted by Crippen LogP contribution is -2.37. The monoisotopic (exact) mass is 389 g/mol. The van der Waals surface area contributed by atoms with Crippen LogP contribution < -0.4 is 27.6 Å². The molecule has 0 aromatic carbocycles. The molecule has 8 heteroatoms. The highest BCUT2D eigenvalue weighted by atomic mass is 19.1. The van der Waals surface area contributed by atoms with E-state index in [4.69, 9.17) is 11.5 Å². The van der Waals surface area contributed by atoms with E-state index in [1.54, 1.807) is 6.92 Å². The average molecular weight is 389 g/mol. The number of hydrogen-bond donors (Lipinski definition) is 3. The highest BCUT2D eigenvalue weighted by Crippen LogP contribution is 2.41. The minimum absolute atomic E-state index is 0.0549. The Morgan fingerprint density at radius 1 is 1.32 bits per heavy atom. The van der Waals surface area contributed by atoms with Crippen molar-refractivity contribution < 1.29 is 4.39 Å². The molecule has 1 saturated heterocycles. The zero-order valence-electron chi connectivity index (χ0n) is 16.5. The second-order valence-corrected chi connectivity index (χ2v) is 8.66. The van der Waals surface area contributed by atoms with Gasteiger partial charge < -0.3 is 16.4 Å². The molecule has 2 aromatic heterocycles. The Labute approximate surface area is 162 Å². The van der Waals surface area contributed by atoms with Gasteiger partial charge in [-0.2, -0.15) is 0 Å². The molecule has 28 heavy (non-hydrogen) atoms. The lowest BCUT2D eigenvalue weighted by atomic mass is 9.91. The molecule has 1 saturated carbocycles. The van der Waals surface area contributed by atoms with E-state index in [1.807, 2.05) is 4.90 Å². The molecule has 4 unspecified atom stereocenters. The summed E-state index contributed by atoms with van der Waals surface area (Å²) in [6.45, 7) is 7.33. The molecule has 1 aliphatic heterocycles. The number of aromatic amines is 1. The van der Waals surface area contributed by atoms with Crippen molar-refractivity contribution in [3.63, 3.8) is 0 Å². The maximum Gasteiger partial charge on any atom is 0.333 e. The van der Waals surface area contributed by atoms with Crippen LogP contribution in [0, 0.1) is 24.6 Å². The highest BCUT2D eigenvalue weighted by molar-refractivity contribution is 5.73. The molecule has 1 aliphatic carbocycles. The molecule has 2 aliphatic rings. The van der Waals surface area contributed by atoms with Crippen LogP contribution in [0.3, 0.4) is 0 Å². The number of pyridine rings is 1. The van der Waals surface area contributed by atoms with Gasteiger partial charge in [-0.25, -0.2) is 9.18 Å². The number of fused-ring (bicyclic) bond motifs is 1. The van der Waals surface area contributed by atoms with Gasteiger partial charge in [0.05, 0.1) is 17.4 Å². The Hall–Kier alpha value is -2.19. The highest BCUT2D eigenvalue weighted by Gasteiger charge is 2.40. The van der Waals surface area contributed by atoms with Crippen molar-refractivity contribution in [1.29, 1.82) is 0 Å². The molecule has 5 N–H and O–H groups in total. The largest absolute Gasteiger partial charge is 0.368 e. The van der Waals surface area contributed by atoms with E-state index >= 15 is 4.39 Å². The van der Waals surface area contributed by atoms with Crippen LogP contribution in [0.5, 0.6) is 0 Å². The van der Waals surface area contributed by atoms with Crippen molar-refractivity contribution in [2.45, 2.75) is 51.6 Å². The van der Waals surface area contributed by atoms with Gasteiger partial charge in [0.1, 0.15) is 0 Å². The zero-order valence-corrected chi connectivity index (χ0v) is 16.5. The summed E-state index contributed by atoms with van der Waals surface area (Å²) < 4.78 is 16.3. The number of nitrogens with one attached hydrogen (secondary N) is 1. The predicted molar refractivity (Wildman–Crippen MR) is 107 cm³/mol. The zero-order chi connectivity index (χ0) is 20.3. The number of H-pyrrole nitrogens is 1. The van der Waals surface area contributed by atoms with Gasteiger partial charge in [-0.15, -0.1) is 0 Å². The fourth-order valence-electron chi connectivity index (χ4n) is 4.66. The van der Waals surface area contributed by atoms with E-state index in [9.17, 15) is 9.59 Å². The number of nitrogens with zero attached hydrogens (tertiary/aromatic N) is 2. The summed E-state index contributed by atoms with van der Waals surface area (Å²) >= 11 is 0. The SMILES string of the molecule is Cc1c(N2CCC(C(N)C(C)C)C2)c(F)cn2c(=O)[nH]c(=O)c(C3CC3N)c12. The van der Waals surface area contributed by atoms with Gasteiger partial charge in [0, 0.05) is 42.2 Å². The van der Waals surface area contributed by atoms with Crippen LogP contribution in [0.2, 0.25) is 0 Å². The summed E-state index contributed by atoms with van der Waals surface area (Å²) in [5.41, 5.74) is 13.3. The normalized spacial score (nSPS) is 25.7. The number of anilines is 1. The number of rotatable bonds is 4. The first-order valence-electron chi connectivity index (χ1n) is 9.94. The molecule has 0 amide bonds. The molecule has 0 spiro atoms. The molecule has 4 atom stereocenters. The number of hydrogen-bond acceptors (Lipinski definition) is 5. The van der Waals surface area contributed by atoms with Crippen molar-refractivity contribution in [3.8, 4) is 0 Å². The first kappa shape index (κ1) is 19.1. The van der Waals surface area contributed by atoms with Crippen LogP contribution in [0.15, 0.2) is 15.8 Å². The minimum Gasteiger partial charge on any atom is -0.368 e. The fraction of sp³-hybridized carbons (Fsp3) is 0.600. The van der Waals surface area contributed by atoms with Gasteiger partial charge >= 0.3 is 5.69 Å². The maximum absolute atomic E-state index is 15.1. The van der Waals surface area contributed by atoms with Gasteiger partial charge in [0.25, 0.3) is 5.56 Å². The van der Waals surface area contributed by atoms with Crippen LogP contribution in [-0.2, 0) is 0 Å². The van der Waals surface area contributed by atoms with Gasteiger partial charge in [-0.05, 0) is 31.6 Å². The molecular weight excluding hydrogens is 361 g/mol. The van der Waals surface area contributed by atoms with Gasteiger partial charge in [-0.1, -0.05) is 13.8 Å². The summed E-state index contributed by atoms with van der Waals surface area (Å²) in [6.07, 6.45) is 2.77. The summed E-state index contributed by atoms with van der Waals surface area (Å²) in [5, 5.41) is 0. The minimum atomic E-state index is -0.632. The molecule has 2 fully saturated rings. The molecule has 152 valence electrons. The topological polar surface area (TPSA) is 110 Å². The van der Waals surface area contributed by atoms with E-state index < -0.39 is 17.1 Å². The maximum atomic E-state index is 15.1. The van der Waals surface area contributed by atoms with Crippen molar-refractivity contribution in [2.24, 2.45) is 23.3 Å². The van der Waals surface area contributed by atoms with Gasteiger partial charge in [-0.3, -0.25) is 14.2 Å². The number of nitrogens with two attached hydrogens (primary N) is 2. The molecule has 0 radical (unpaired) electrons. The number of halogens is 1. The van der Waals surface area contributed by atoms with Crippen LogP contribution in [0.1, 0.15) is 43.7 Å². The molecule has 0 bridgehead atoms. The smallest absolute Gasteiger partial charge is 0.333 e. The Bertz CT molecular complexity index is 1040. The Morgan fingerprint density at radius 2 is 2.00 bits per heavy atom. The van der Waals surface area contributed by atoms with E-state index in [0.717, 1.165) is 6.42 Å². The second-order valence-electron chi connectivity index (χ2n) is 8.66. The number of aromatic nitrogens is 2. The molecule has 4 rings (SSSR count). The van der Waals surface area contributed by atoms with E-state index in [0.29, 0.717) is 47.8 Å². The Balaban J connectivity index is 1.85. The summed E-state index contributed by atoms with van der Waals surface area (Å²) in [4.78, 5) is 29.1. The third-order valence-electron chi connectivity index (χ3n) is 6.42. The average Bonchev–Trinajstić information content (AvgIpc) is 3.14. The van der Waals surface area contributed by atoms with Crippen molar-refractivity contribution in [2.75, 3.05) is 18.0 Å². The van der Waals surface area contributed by atoms with Gasteiger partial charge in [0.2, 0.25) is 0 Å². The quantitative estimate of drug-likeness (QED) is 0.724. The third-order valence-corrected chi connectivity index (χ3v) is 6.42. The first-order chi connectivity index (χ1) is 13.2. The second kappa shape index (κ2) is 6.70. The summed E-state index contributed by atoms with van der Waals surface area (Å²) in [6, 6.07) is -0.0465. The summed E-state index contributed by atoms with van der Waals surface area (Å²) in [5.74, 6) is 0.0707. The third kappa shape index (κ3) is 2.95. The molecule has 2 aromatic rings.